The second kappa shape index (κ2) is 8.17. The third-order valence-electron chi connectivity index (χ3n) is 4.99. The monoisotopic (exact) mass is 417 g/mol. The maximum atomic E-state index is 12.6. The Bertz CT molecular complexity index is 1310. The zero-order valence-corrected chi connectivity index (χ0v) is 17.4. The molecule has 0 spiro atoms. The minimum absolute atomic E-state index is 0.0837. The van der Waals surface area contributed by atoms with E-state index in [1.165, 1.54) is 6.07 Å². The van der Waals surface area contributed by atoms with Crippen LogP contribution in [-0.2, 0) is 6.54 Å². The van der Waals surface area contributed by atoms with Gasteiger partial charge in [-0.3, -0.25) is 9.59 Å². The number of hydrogen-bond acceptors (Lipinski definition) is 3. The molecule has 0 saturated heterocycles. The predicted molar refractivity (Wildman–Crippen MR) is 120 cm³/mol. The van der Waals surface area contributed by atoms with Crippen molar-refractivity contribution in [3.8, 4) is 11.3 Å². The van der Waals surface area contributed by atoms with Gasteiger partial charge in [0.1, 0.15) is 11.3 Å². The largest absolute Gasteiger partial charge is 0.456 e. The summed E-state index contributed by atoms with van der Waals surface area (Å²) in [6.45, 7) is 4.22. The molecule has 30 heavy (non-hydrogen) atoms. The first-order valence-electron chi connectivity index (χ1n) is 9.59. The van der Waals surface area contributed by atoms with E-state index < -0.39 is 0 Å². The van der Waals surface area contributed by atoms with E-state index in [0.29, 0.717) is 33.9 Å². The van der Waals surface area contributed by atoms with Gasteiger partial charge in [-0.15, -0.1) is 0 Å². The second-order valence-corrected chi connectivity index (χ2v) is 7.69. The summed E-state index contributed by atoms with van der Waals surface area (Å²) in [4.78, 5) is 25.0. The highest BCUT2D eigenvalue weighted by Crippen LogP contribution is 2.25. The molecular formula is C25H20ClNO3. The molecule has 4 rings (SSSR count). The lowest BCUT2D eigenvalue weighted by Gasteiger charge is -2.09. The fourth-order valence-corrected chi connectivity index (χ4v) is 3.66. The molecule has 1 amide bonds. The van der Waals surface area contributed by atoms with Crippen LogP contribution in [0.3, 0.4) is 0 Å². The van der Waals surface area contributed by atoms with Crippen molar-refractivity contribution in [2.45, 2.75) is 20.4 Å². The van der Waals surface area contributed by atoms with Crippen LogP contribution in [-0.4, -0.2) is 5.91 Å². The smallest absolute Gasteiger partial charge is 0.251 e. The molecular weight excluding hydrogens is 398 g/mol. The Kier molecular flexibility index (Phi) is 5.42. The summed E-state index contributed by atoms with van der Waals surface area (Å²) in [6.07, 6.45) is 0. The molecule has 0 atom stereocenters. The van der Waals surface area contributed by atoms with Crippen molar-refractivity contribution >= 4 is 28.5 Å². The van der Waals surface area contributed by atoms with E-state index >= 15 is 0 Å². The number of aryl methyl sites for hydroxylation is 2. The maximum absolute atomic E-state index is 12.6. The number of halogens is 1. The van der Waals surface area contributed by atoms with Gasteiger partial charge in [0, 0.05) is 28.8 Å². The van der Waals surface area contributed by atoms with E-state index in [1.807, 2.05) is 44.2 Å². The van der Waals surface area contributed by atoms with Crippen LogP contribution in [0.4, 0.5) is 0 Å². The van der Waals surface area contributed by atoms with Crippen LogP contribution in [0.5, 0.6) is 0 Å². The van der Waals surface area contributed by atoms with Crippen molar-refractivity contribution in [3.63, 3.8) is 0 Å². The van der Waals surface area contributed by atoms with E-state index in [1.54, 1.807) is 30.3 Å². The molecule has 0 aliphatic heterocycles. The second-order valence-electron chi connectivity index (χ2n) is 7.28. The average molecular weight is 418 g/mol. The molecule has 0 aliphatic rings. The van der Waals surface area contributed by atoms with Crippen LogP contribution in [0.15, 0.2) is 75.9 Å². The van der Waals surface area contributed by atoms with Gasteiger partial charge < -0.3 is 9.73 Å². The number of fused-ring (bicyclic) bond motifs is 1. The molecule has 0 fully saturated rings. The molecule has 0 saturated carbocycles. The molecule has 1 N–H and O–H groups in total. The van der Waals surface area contributed by atoms with Gasteiger partial charge >= 0.3 is 0 Å². The normalized spacial score (nSPS) is 10.9. The molecule has 150 valence electrons. The summed E-state index contributed by atoms with van der Waals surface area (Å²) < 4.78 is 6.02. The number of carbonyl (C=O) groups excluding carboxylic acids is 1. The highest BCUT2D eigenvalue weighted by molar-refractivity contribution is 6.31. The molecule has 0 radical (unpaired) electrons. The molecule has 1 aromatic heterocycles. The Balaban J connectivity index is 1.57. The quantitative estimate of drug-likeness (QED) is 0.466. The first-order valence-corrected chi connectivity index (χ1v) is 9.97. The van der Waals surface area contributed by atoms with Crippen molar-refractivity contribution in [2.75, 3.05) is 0 Å². The fraction of sp³-hybridized carbons (Fsp3) is 0.120. The Morgan fingerprint density at radius 1 is 1.00 bits per heavy atom. The lowest BCUT2D eigenvalue weighted by atomic mass is 10.1. The van der Waals surface area contributed by atoms with E-state index in [0.717, 1.165) is 22.3 Å². The van der Waals surface area contributed by atoms with Crippen molar-refractivity contribution in [3.05, 3.63) is 104 Å². The number of hydrogen-bond donors (Lipinski definition) is 1. The van der Waals surface area contributed by atoms with E-state index in [2.05, 4.69) is 5.32 Å². The minimum Gasteiger partial charge on any atom is -0.456 e. The Hall–Kier alpha value is -3.37. The van der Waals surface area contributed by atoms with E-state index in [9.17, 15) is 9.59 Å². The number of amides is 1. The Labute approximate surface area is 179 Å². The molecule has 1 heterocycles. The molecule has 0 bridgehead atoms. The predicted octanol–water partition coefficient (Wildman–Crippen LogP) is 5.66. The van der Waals surface area contributed by atoms with Crippen LogP contribution < -0.4 is 10.7 Å². The highest BCUT2D eigenvalue weighted by Gasteiger charge is 2.11. The summed E-state index contributed by atoms with van der Waals surface area (Å²) in [7, 11) is 0. The SMILES string of the molecule is Cc1cc(C)c2oc(-c3ccc(C(=O)NCc4ccccc4Cl)cc3)cc(=O)c2c1. The van der Waals surface area contributed by atoms with Gasteiger partial charge in [-0.1, -0.05) is 48.0 Å². The number of nitrogens with one attached hydrogen (secondary N) is 1. The van der Waals surface area contributed by atoms with Crippen molar-refractivity contribution in [2.24, 2.45) is 0 Å². The molecule has 3 aromatic carbocycles. The molecule has 4 nitrogen and oxygen atoms in total. The lowest BCUT2D eigenvalue weighted by Crippen LogP contribution is -2.22. The van der Waals surface area contributed by atoms with Crippen LogP contribution >= 0.6 is 11.6 Å². The summed E-state index contributed by atoms with van der Waals surface area (Å²) in [5.41, 5.74) is 4.54. The Morgan fingerprint density at radius 3 is 2.47 bits per heavy atom. The summed E-state index contributed by atoms with van der Waals surface area (Å²) >= 11 is 6.13. The fourth-order valence-electron chi connectivity index (χ4n) is 3.46. The number of benzene rings is 3. The maximum Gasteiger partial charge on any atom is 0.251 e. The van der Waals surface area contributed by atoms with Crippen LogP contribution in [0.2, 0.25) is 5.02 Å². The average Bonchev–Trinajstić information content (AvgIpc) is 2.73. The molecule has 4 aromatic rings. The standard InChI is InChI=1S/C25H20ClNO3/c1-15-11-16(2)24-20(12-15)22(28)13-23(30-24)17-7-9-18(10-8-17)25(29)27-14-19-5-3-4-6-21(19)26/h3-13H,14H2,1-2H3,(H,27,29). The van der Waals surface area contributed by atoms with E-state index in [4.69, 9.17) is 16.0 Å². The third-order valence-corrected chi connectivity index (χ3v) is 5.36. The number of carbonyl (C=O) groups is 1. The van der Waals surface area contributed by atoms with Gasteiger partial charge in [0.15, 0.2) is 5.43 Å². The lowest BCUT2D eigenvalue weighted by molar-refractivity contribution is 0.0951. The van der Waals surface area contributed by atoms with Crippen molar-refractivity contribution < 1.29 is 9.21 Å². The van der Waals surface area contributed by atoms with Gasteiger partial charge in [-0.05, 0) is 54.8 Å². The zero-order chi connectivity index (χ0) is 21.3. The van der Waals surface area contributed by atoms with Crippen molar-refractivity contribution in [1.82, 2.24) is 5.32 Å². The van der Waals surface area contributed by atoms with Gasteiger partial charge in [0.05, 0.1) is 5.39 Å². The van der Waals surface area contributed by atoms with Gasteiger partial charge in [-0.25, -0.2) is 0 Å². The summed E-state index contributed by atoms with van der Waals surface area (Å²) in [5.74, 6) is 0.273. The zero-order valence-electron chi connectivity index (χ0n) is 16.7. The minimum atomic E-state index is -0.201. The van der Waals surface area contributed by atoms with Crippen LogP contribution in [0.25, 0.3) is 22.3 Å². The number of rotatable bonds is 4. The van der Waals surface area contributed by atoms with Crippen LogP contribution in [0.1, 0.15) is 27.0 Å². The van der Waals surface area contributed by atoms with E-state index in [-0.39, 0.29) is 11.3 Å². The first-order chi connectivity index (χ1) is 14.4. The molecule has 0 aliphatic carbocycles. The summed E-state index contributed by atoms with van der Waals surface area (Å²) in [6, 6.07) is 19.7. The Morgan fingerprint density at radius 2 is 1.73 bits per heavy atom. The molecule has 5 heteroatoms. The van der Waals surface area contributed by atoms with Gasteiger partial charge in [-0.2, -0.15) is 0 Å². The van der Waals surface area contributed by atoms with Crippen molar-refractivity contribution in [1.29, 1.82) is 0 Å². The van der Waals surface area contributed by atoms with Crippen LogP contribution in [0, 0.1) is 13.8 Å². The molecule has 0 unspecified atom stereocenters. The highest BCUT2D eigenvalue weighted by atomic mass is 35.5. The first kappa shape index (κ1) is 19.9. The third kappa shape index (κ3) is 4.00. The topological polar surface area (TPSA) is 59.3 Å². The summed E-state index contributed by atoms with van der Waals surface area (Å²) in [5, 5.41) is 4.06. The van der Waals surface area contributed by atoms with Gasteiger partial charge in [0.2, 0.25) is 0 Å². The van der Waals surface area contributed by atoms with Gasteiger partial charge in [0.25, 0.3) is 5.91 Å².